The number of benzene rings is 1. The molecule has 6 nitrogen and oxygen atoms in total. The molecule has 3 heterocycles. The lowest BCUT2D eigenvalue weighted by molar-refractivity contribution is -0.137. The van der Waals surface area contributed by atoms with Crippen LogP contribution in [0, 0.1) is 0 Å². The fourth-order valence-electron chi connectivity index (χ4n) is 4.14. The molecule has 27 heavy (non-hydrogen) atoms. The first-order valence-corrected chi connectivity index (χ1v) is 9.87. The standard InChI is InChI=1S/C21H28N4O2/c1-24-12-5-3-4-6-19(24)21(26)25-13-11-17-18(14-25)23-20(22-17)15-7-9-16(27-2)10-8-15/h7-10,19H,3-6,11-14H2,1-2H3,(H,22,23). The zero-order chi connectivity index (χ0) is 18.8. The number of carbonyl (C=O) groups excluding carboxylic acids is 1. The lowest BCUT2D eigenvalue weighted by Gasteiger charge is -2.33. The zero-order valence-corrected chi connectivity index (χ0v) is 16.2. The molecular formula is C21H28N4O2. The number of fused-ring (bicyclic) bond motifs is 1. The Morgan fingerprint density at radius 1 is 1.19 bits per heavy atom. The third kappa shape index (κ3) is 3.72. The molecular weight excluding hydrogens is 340 g/mol. The highest BCUT2D eigenvalue weighted by atomic mass is 16.5. The Hall–Kier alpha value is -2.34. The van der Waals surface area contributed by atoms with Crippen molar-refractivity contribution < 1.29 is 9.53 Å². The molecule has 0 aliphatic carbocycles. The number of hydrogen-bond acceptors (Lipinski definition) is 4. The molecule has 0 bridgehead atoms. The number of imidazole rings is 1. The van der Waals surface area contributed by atoms with E-state index < -0.39 is 0 Å². The number of H-pyrrole nitrogens is 1. The number of carbonyl (C=O) groups is 1. The quantitative estimate of drug-likeness (QED) is 0.905. The van der Waals surface area contributed by atoms with Gasteiger partial charge >= 0.3 is 0 Å². The van der Waals surface area contributed by atoms with Crippen LogP contribution in [0.15, 0.2) is 24.3 Å². The highest BCUT2D eigenvalue weighted by Crippen LogP contribution is 2.26. The summed E-state index contributed by atoms with van der Waals surface area (Å²) >= 11 is 0. The second-order valence-corrected chi connectivity index (χ2v) is 7.59. The number of ether oxygens (including phenoxy) is 1. The van der Waals surface area contributed by atoms with Gasteiger partial charge in [-0.3, -0.25) is 9.69 Å². The molecule has 2 aromatic rings. The van der Waals surface area contributed by atoms with Crippen LogP contribution in [0.2, 0.25) is 0 Å². The average molecular weight is 368 g/mol. The second-order valence-electron chi connectivity index (χ2n) is 7.59. The van der Waals surface area contributed by atoms with E-state index in [1.807, 2.05) is 29.2 Å². The normalized spacial score (nSPS) is 20.8. The molecule has 6 heteroatoms. The molecule has 1 aromatic heterocycles. The Labute approximate surface area is 160 Å². The van der Waals surface area contributed by atoms with Gasteiger partial charge in [-0.25, -0.2) is 4.98 Å². The van der Waals surface area contributed by atoms with Crippen molar-refractivity contribution in [2.75, 3.05) is 27.2 Å². The van der Waals surface area contributed by atoms with E-state index in [4.69, 9.17) is 9.72 Å². The summed E-state index contributed by atoms with van der Waals surface area (Å²) < 4.78 is 5.22. The third-order valence-electron chi connectivity index (χ3n) is 5.81. The summed E-state index contributed by atoms with van der Waals surface area (Å²) in [6.07, 6.45) is 5.34. The molecule has 144 valence electrons. The third-order valence-corrected chi connectivity index (χ3v) is 5.81. The summed E-state index contributed by atoms with van der Waals surface area (Å²) in [6, 6.07) is 7.92. The van der Waals surface area contributed by atoms with Gasteiger partial charge in [0.25, 0.3) is 0 Å². The monoisotopic (exact) mass is 368 g/mol. The summed E-state index contributed by atoms with van der Waals surface area (Å²) in [5, 5.41) is 0. The maximum Gasteiger partial charge on any atom is 0.240 e. The molecule has 1 fully saturated rings. The van der Waals surface area contributed by atoms with Crippen molar-refractivity contribution in [2.24, 2.45) is 0 Å². The first-order chi connectivity index (χ1) is 13.2. The van der Waals surface area contributed by atoms with Gasteiger partial charge in [0.1, 0.15) is 11.6 Å². The van der Waals surface area contributed by atoms with Crippen LogP contribution in [-0.4, -0.2) is 59.0 Å². The second kappa shape index (κ2) is 7.72. The Morgan fingerprint density at radius 3 is 2.78 bits per heavy atom. The van der Waals surface area contributed by atoms with Gasteiger partial charge in [0.15, 0.2) is 0 Å². The van der Waals surface area contributed by atoms with E-state index in [1.54, 1.807) is 7.11 Å². The van der Waals surface area contributed by atoms with E-state index in [1.165, 1.54) is 12.8 Å². The van der Waals surface area contributed by atoms with Gasteiger partial charge in [-0.1, -0.05) is 12.8 Å². The van der Waals surface area contributed by atoms with Gasteiger partial charge in [-0.2, -0.15) is 0 Å². The number of likely N-dealkylation sites (tertiary alicyclic amines) is 1. The van der Waals surface area contributed by atoms with Crippen LogP contribution in [-0.2, 0) is 17.8 Å². The van der Waals surface area contributed by atoms with E-state index in [0.29, 0.717) is 6.54 Å². The number of aromatic nitrogens is 2. The molecule has 4 rings (SSSR count). The fourth-order valence-corrected chi connectivity index (χ4v) is 4.14. The molecule has 0 saturated carbocycles. The summed E-state index contributed by atoms with van der Waals surface area (Å²) in [4.78, 5) is 25.6. The Morgan fingerprint density at radius 2 is 2.00 bits per heavy atom. The lowest BCUT2D eigenvalue weighted by atomic mass is 10.1. The SMILES string of the molecule is COc1ccc(-c2nc3c([nH]2)CN(C(=O)C2CCCCCN2C)CC3)cc1. The van der Waals surface area contributed by atoms with Crippen LogP contribution in [0.25, 0.3) is 11.4 Å². The zero-order valence-electron chi connectivity index (χ0n) is 16.2. The topological polar surface area (TPSA) is 61.5 Å². The summed E-state index contributed by atoms with van der Waals surface area (Å²) in [5.41, 5.74) is 3.18. The van der Waals surface area contributed by atoms with E-state index in [9.17, 15) is 4.79 Å². The molecule has 1 aromatic carbocycles. The van der Waals surface area contributed by atoms with E-state index in [2.05, 4.69) is 16.9 Å². The van der Waals surface area contributed by atoms with Gasteiger partial charge < -0.3 is 14.6 Å². The van der Waals surface area contributed by atoms with Crippen LogP contribution < -0.4 is 4.74 Å². The van der Waals surface area contributed by atoms with Crippen molar-refractivity contribution in [3.8, 4) is 17.1 Å². The predicted octanol–water partition coefficient (Wildman–Crippen LogP) is 2.84. The number of likely N-dealkylation sites (N-methyl/N-ethyl adjacent to an activating group) is 1. The van der Waals surface area contributed by atoms with Crippen molar-refractivity contribution >= 4 is 5.91 Å². The molecule has 2 aliphatic rings. The minimum atomic E-state index is 0.0260. The van der Waals surface area contributed by atoms with Crippen molar-refractivity contribution in [1.82, 2.24) is 19.8 Å². The number of aromatic amines is 1. The minimum Gasteiger partial charge on any atom is -0.497 e. The summed E-state index contributed by atoms with van der Waals surface area (Å²) in [6.45, 7) is 2.39. The molecule has 2 aliphatic heterocycles. The van der Waals surface area contributed by atoms with Gasteiger partial charge in [-0.15, -0.1) is 0 Å². The maximum atomic E-state index is 13.1. The van der Waals surface area contributed by atoms with E-state index in [-0.39, 0.29) is 11.9 Å². The van der Waals surface area contributed by atoms with Gasteiger partial charge in [0.05, 0.1) is 31.1 Å². The van der Waals surface area contributed by atoms with Crippen molar-refractivity contribution in [3.63, 3.8) is 0 Å². The van der Waals surface area contributed by atoms with Crippen LogP contribution in [0.3, 0.4) is 0 Å². The van der Waals surface area contributed by atoms with E-state index in [0.717, 1.165) is 60.9 Å². The van der Waals surface area contributed by atoms with Crippen molar-refractivity contribution in [2.45, 2.75) is 44.7 Å². The van der Waals surface area contributed by atoms with Crippen LogP contribution in [0.5, 0.6) is 5.75 Å². The molecule has 1 N–H and O–H groups in total. The first-order valence-electron chi connectivity index (χ1n) is 9.87. The highest BCUT2D eigenvalue weighted by molar-refractivity contribution is 5.82. The average Bonchev–Trinajstić information content (AvgIpc) is 3.01. The number of rotatable bonds is 3. The minimum absolute atomic E-state index is 0.0260. The number of amides is 1. The van der Waals surface area contributed by atoms with Crippen molar-refractivity contribution in [1.29, 1.82) is 0 Å². The first kappa shape index (κ1) is 18.0. The summed E-state index contributed by atoms with van der Waals surface area (Å²) in [7, 11) is 3.75. The molecule has 0 spiro atoms. The molecule has 1 amide bonds. The van der Waals surface area contributed by atoms with Crippen molar-refractivity contribution in [3.05, 3.63) is 35.7 Å². The highest BCUT2D eigenvalue weighted by Gasteiger charge is 2.31. The van der Waals surface area contributed by atoms with Gasteiger partial charge in [0.2, 0.25) is 5.91 Å². The van der Waals surface area contributed by atoms with Gasteiger partial charge in [-0.05, 0) is 50.7 Å². The number of nitrogens with one attached hydrogen (secondary N) is 1. The number of methoxy groups -OCH3 is 1. The lowest BCUT2D eigenvalue weighted by Crippen LogP contribution is -2.48. The Bertz CT molecular complexity index is 799. The largest absolute Gasteiger partial charge is 0.497 e. The Balaban J connectivity index is 1.49. The van der Waals surface area contributed by atoms with Crippen LogP contribution >= 0.6 is 0 Å². The Kier molecular flexibility index (Phi) is 5.16. The van der Waals surface area contributed by atoms with Gasteiger partial charge in [0, 0.05) is 18.5 Å². The number of nitrogens with zero attached hydrogens (tertiary/aromatic N) is 3. The molecule has 1 saturated heterocycles. The number of hydrogen-bond donors (Lipinski definition) is 1. The maximum absolute atomic E-state index is 13.1. The van der Waals surface area contributed by atoms with Crippen LogP contribution in [0.4, 0.5) is 0 Å². The smallest absolute Gasteiger partial charge is 0.240 e. The predicted molar refractivity (Wildman–Crippen MR) is 105 cm³/mol. The van der Waals surface area contributed by atoms with E-state index >= 15 is 0 Å². The fraction of sp³-hybridized carbons (Fsp3) is 0.524. The molecule has 0 radical (unpaired) electrons. The molecule has 1 unspecified atom stereocenters. The summed E-state index contributed by atoms with van der Waals surface area (Å²) in [5.74, 6) is 1.97. The van der Waals surface area contributed by atoms with Crippen LogP contribution in [0.1, 0.15) is 37.1 Å². The molecule has 1 atom stereocenters.